The summed E-state index contributed by atoms with van der Waals surface area (Å²) in [6, 6.07) is 0. The van der Waals surface area contributed by atoms with Gasteiger partial charge in [0.2, 0.25) is 0 Å². The lowest BCUT2D eigenvalue weighted by molar-refractivity contribution is -0.951. The van der Waals surface area contributed by atoms with Crippen LogP contribution in [0.15, 0.2) is 0 Å². The van der Waals surface area contributed by atoms with Gasteiger partial charge >= 0.3 is 0 Å². The molecule has 0 aliphatic rings. The highest BCUT2D eigenvalue weighted by atomic mass is 35.5. The van der Waals surface area contributed by atoms with Crippen LogP contribution in [-0.4, -0.2) is 97.5 Å². The molecule has 0 aliphatic carbocycles. The van der Waals surface area contributed by atoms with Crippen molar-refractivity contribution in [2.75, 3.05) is 61.5 Å². The van der Waals surface area contributed by atoms with Crippen molar-refractivity contribution < 1.29 is 49.1 Å². The zero-order valence-corrected chi connectivity index (χ0v) is 15.1. The van der Waals surface area contributed by atoms with Crippen molar-refractivity contribution in [1.29, 1.82) is 0 Å². The predicted molar refractivity (Wildman–Crippen MR) is 73.1 cm³/mol. The number of nitrogens with zero attached hydrogens (tertiary/aromatic N) is 2. The van der Waals surface area contributed by atoms with Gasteiger partial charge in [0.25, 0.3) is 0 Å². The van der Waals surface area contributed by atoms with Crippen LogP contribution in [0.5, 0.6) is 0 Å². The van der Waals surface area contributed by atoms with E-state index < -0.39 is 11.6 Å². The van der Waals surface area contributed by atoms with Crippen LogP contribution in [0.1, 0.15) is 13.3 Å². The molecule has 0 aliphatic heterocycles. The summed E-state index contributed by atoms with van der Waals surface area (Å²) in [4.78, 5) is 0. The van der Waals surface area contributed by atoms with Crippen molar-refractivity contribution in [3.63, 3.8) is 0 Å². The monoisotopic (exact) mass is 334 g/mol. The SMILES string of the molecule is CCC(CO)(CO)[N+](C)(C)CC(O)C[N+](C)(C)C.[Cl-].[Cl-]. The molecular weight excluding hydrogens is 303 g/mol. The molecule has 0 radical (unpaired) electrons. The third-order valence-corrected chi connectivity index (χ3v) is 3.96. The maximum Gasteiger partial charge on any atom is 0.152 e. The first-order chi connectivity index (χ1) is 8.03. The molecule has 0 rings (SSSR count). The molecule has 126 valence electrons. The van der Waals surface area contributed by atoms with Gasteiger partial charge in [-0.15, -0.1) is 0 Å². The van der Waals surface area contributed by atoms with E-state index in [1.165, 1.54) is 0 Å². The summed E-state index contributed by atoms with van der Waals surface area (Å²) in [6.07, 6.45) is 0.216. The van der Waals surface area contributed by atoms with Crippen LogP contribution in [0.4, 0.5) is 0 Å². The minimum Gasteiger partial charge on any atom is -1.00 e. The van der Waals surface area contributed by atoms with Crippen molar-refractivity contribution in [3.05, 3.63) is 0 Å². The molecule has 0 aromatic rings. The Morgan fingerprint density at radius 1 is 0.900 bits per heavy atom. The molecule has 1 unspecified atom stereocenters. The summed E-state index contributed by atoms with van der Waals surface area (Å²) in [7, 11) is 10.0. The van der Waals surface area contributed by atoms with Crippen molar-refractivity contribution in [2.45, 2.75) is 25.0 Å². The lowest BCUT2D eigenvalue weighted by atomic mass is 9.93. The number of hydrogen-bond donors (Lipinski definition) is 3. The van der Waals surface area contributed by atoms with E-state index in [1.54, 1.807) is 0 Å². The molecule has 0 heterocycles. The van der Waals surface area contributed by atoms with E-state index in [0.29, 0.717) is 28.5 Å². The van der Waals surface area contributed by atoms with Crippen molar-refractivity contribution in [1.82, 2.24) is 0 Å². The van der Waals surface area contributed by atoms with Gasteiger partial charge in [-0.05, 0) is 0 Å². The van der Waals surface area contributed by atoms with E-state index in [0.717, 1.165) is 0 Å². The predicted octanol–water partition coefficient (Wildman–Crippen LogP) is -6.73. The third-order valence-electron chi connectivity index (χ3n) is 3.96. The highest BCUT2D eigenvalue weighted by Crippen LogP contribution is 2.24. The zero-order valence-electron chi connectivity index (χ0n) is 13.6. The summed E-state index contributed by atoms with van der Waals surface area (Å²) in [5, 5.41) is 29.4. The van der Waals surface area contributed by atoms with Crippen LogP contribution in [0, 0.1) is 0 Å². The fraction of sp³-hybridized carbons (Fsp3) is 1.00. The third kappa shape index (κ3) is 6.89. The molecule has 0 amide bonds. The number of likely N-dealkylation sites (N-methyl/N-ethyl adjacent to an activating group) is 2. The lowest BCUT2D eigenvalue weighted by Crippen LogP contribution is -3.00. The number of aliphatic hydroxyl groups excluding tert-OH is 3. The molecule has 0 aromatic carbocycles. The highest BCUT2D eigenvalue weighted by molar-refractivity contribution is 4.78. The smallest absolute Gasteiger partial charge is 0.152 e. The summed E-state index contributed by atoms with van der Waals surface area (Å²) in [5.74, 6) is 0. The van der Waals surface area contributed by atoms with Gasteiger partial charge in [0.15, 0.2) is 6.10 Å². The summed E-state index contributed by atoms with van der Waals surface area (Å²) in [5.41, 5.74) is -0.591. The first kappa shape index (κ1) is 25.3. The summed E-state index contributed by atoms with van der Waals surface area (Å²) >= 11 is 0. The molecule has 20 heavy (non-hydrogen) atoms. The standard InChI is InChI=1S/C13H32N2O3.2ClH/c1-7-13(10-16,11-17)15(5,6)9-12(18)8-14(2,3)4;;/h12,16-18H,7-11H2,1-6H3;2*1H/q+2;;/p-2. The van der Waals surface area contributed by atoms with Crippen LogP contribution < -0.4 is 24.8 Å². The average Bonchev–Trinajstić information content (AvgIpc) is 2.16. The minimum atomic E-state index is -0.591. The molecule has 0 fully saturated rings. The second kappa shape index (κ2) is 9.41. The van der Waals surface area contributed by atoms with E-state index in [9.17, 15) is 15.3 Å². The first-order valence-corrected chi connectivity index (χ1v) is 6.57. The van der Waals surface area contributed by atoms with E-state index in [4.69, 9.17) is 0 Å². The Kier molecular flexibility index (Phi) is 11.9. The first-order valence-electron chi connectivity index (χ1n) is 6.57. The van der Waals surface area contributed by atoms with Gasteiger partial charge in [0.05, 0.1) is 35.2 Å². The van der Waals surface area contributed by atoms with Gasteiger partial charge in [-0.2, -0.15) is 0 Å². The Balaban J connectivity index is -0.00000144. The van der Waals surface area contributed by atoms with Crippen LogP contribution >= 0.6 is 0 Å². The minimum absolute atomic E-state index is 0. The van der Waals surface area contributed by atoms with Crippen molar-refractivity contribution in [3.8, 4) is 0 Å². The van der Waals surface area contributed by atoms with E-state index in [2.05, 4.69) is 0 Å². The molecule has 5 nitrogen and oxygen atoms in total. The molecule has 3 N–H and O–H groups in total. The number of aliphatic hydroxyl groups is 3. The van der Waals surface area contributed by atoms with Crippen LogP contribution in [0.3, 0.4) is 0 Å². The Bertz CT molecular complexity index is 246. The van der Waals surface area contributed by atoms with Gasteiger partial charge in [-0.25, -0.2) is 0 Å². The molecule has 1 atom stereocenters. The molecule has 0 aromatic heterocycles. The van der Waals surface area contributed by atoms with Gasteiger partial charge in [-0.3, -0.25) is 0 Å². The quantitative estimate of drug-likeness (QED) is 0.387. The number of hydrogen-bond acceptors (Lipinski definition) is 3. The van der Waals surface area contributed by atoms with Gasteiger partial charge in [0, 0.05) is 6.42 Å². The Labute approximate surface area is 136 Å². The molecule has 0 saturated carbocycles. The molecule has 0 saturated heterocycles. The molecular formula is C13H32Cl2N2O3. The lowest BCUT2D eigenvalue weighted by Gasteiger charge is -2.47. The fourth-order valence-corrected chi connectivity index (χ4v) is 2.49. The van der Waals surface area contributed by atoms with Crippen LogP contribution in [0.25, 0.3) is 0 Å². The summed E-state index contributed by atoms with van der Waals surface area (Å²) < 4.78 is 1.11. The van der Waals surface area contributed by atoms with E-state index in [-0.39, 0.29) is 38.0 Å². The maximum absolute atomic E-state index is 10.2. The Morgan fingerprint density at radius 2 is 1.30 bits per heavy atom. The van der Waals surface area contributed by atoms with Crippen molar-refractivity contribution in [2.24, 2.45) is 0 Å². The topological polar surface area (TPSA) is 60.7 Å². The van der Waals surface area contributed by atoms with Crippen molar-refractivity contribution >= 4 is 0 Å². The zero-order chi connectivity index (χ0) is 14.6. The van der Waals surface area contributed by atoms with Crippen LogP contribution in [0.2, 0.25) is 0 Å². The van der Waals surface area contributed by atoms with Gasteiger partial charge < -0.3 is 49.1 Å². The maximum atomic E-state index is 10.2. The molecule has 7 heteroatoms. The fourth-order valence-electron chi connectivity index (χ4n) is 2.49. The van der Waals surface area contributed by atoms with E-state index in [1.807, 2.05) is 42.2 Å². The van der Waals surface area contributed by atoms with E-state index >= 15 is 0 Å². The average molecular weight is 335 g/mol. The summed E-state index contributed by atoms with van der Waals surface area (Å²) in [6.45, 7) is 2.97. The Hall–Kier alpha value is 0.380. The van der Waals surface area contributed by atoms with Crippen LogP contribution in [-0.2, 0) is 0 Å². The molecule has 0 bridgehead atoms. The number of rotatable bonds is 8. The number of quaternary nitrogens is 2. The highest BCUT2D eigenvalue weighted by Gasteiger charge is 2.44. The molecule has 0 spiro atoms. The largest absolute Gasteiger partial charge is 1.00 e. The Morgan fingerprint density at radius 3 is 1.55 bits per heavy atom. The van der Waals surface area contributed by atoms with Gasteiger partial charge in [0.1, 0.15) is 31.8 Å². The van der Waals surface area contributed by atoms with Gasteiger partial charge in [-0.1, -0.05) is 6.92 Å². The normalized spacial score (nSPS) is 14.2. The number of halogens is 2. The second-order valence-corrected chi connectivity index (χ2v) is 6.89. The second-order valence-electron chi connectivity index (χ2n) is 6.89.